The van der Waals surface area contributed by atoms with Crippen LogP contribution in [0.1, 0.15) is 5.56 Å². The Balaban J connectivity index is 2.01. The zero-order valence-electron chi connectivity index (χ0n) is 10.7. The molecular weight excluding hydrogens is 249 g/mol. The van der Waals surface area contributed by atoms with Gasteiger partial charge >= 0.3 is 11.8 Å². The van der Waals surface area contributed by atoms with Crippen molar-refractivity contribution >= 4 is 17.5 Å². The Kier molecular flexibility index (Phi) is 4.11. The van der Waals surface area contributed by atoms with Crippen LogP contribution in [0.15, 0.2) is 18.2 Å². The monoisotopic (exact) mass is 265 g/mol. The zero-order chi connectivity index (χ0) is 13.8. The van der Waals surface area contributed by atoms with Crippen LogP contribution in [0.3, 0.4) is 0 Å². The van der Waals surface area contributed by atoms with Crippen molar-refractivity contribution in [3.05, 3.63) is 29.6 Å². The van der Waals surface area contributed by atoms with Crippen molar-refractivity contribution in [2.24, 2.45) is 0 Å². The van der Waals surface area contributed by atoms with Crippen LogP contribution < -0.4 is 10.6 Å². The van der Waals surface area contributed by atoms with Crippen LogP contribution in [0.25, 0.3) is 0 Å². The molecule has 0 spiro atoms. The quantitative estimate of drug-likeness (QED) is 0.727. The second-order valence-electron chi connectivity index (χ2n) is 4.48. The number of carbonyl (C=O) groups is 2. The summed E-state index contributed by atoms with van der Waals surface area (Å²) < 4.78 is 13.6. The zero-order valence-corrected chi connectivity index (χ0v) is 10.7. The third kappa shape index (κ3) is 3.29. The van der Waals surface area contributed by atoms with Crippen LogP contribution in [0, 0.1) is 12.7 Å². The Morgan fingerprint density at radius 1 is 1.32 bits per heavy atom. The number of rotatable bonds is 1. The fourth-order valence-corrected chi connectivity index (χ4v) is 1.91. The van der Waals surface area contributed by atoms with Crippen molar-refractivity contribution in [2.75, 3.05) is 31.5 Å². The number of halogens is 1. The summed E-state index contributed by atoms with van der Waals surface area (Å²) in [4.78, 5) is 25.1. The molecule has 2 amide bonds. The van der Waals surface area contributed by atoms with E-state index in [1.54, 1.807) is 13.0 Å². The number of nitrogens with one attached hydrogen (secondary N) is 2. The Labute approximate surface area is 110 Å². The first-order chi connectivity index (χ1) is 9.08. The fraction of sp³-hybridized carbons (Fsp3) is 0.385. The van der Waals surface area contributed by atoms with Gasteiger partial charge in [0.2, 0.25) is 0 Å². The van der Waals surface area contributed by atoms with E-state index in [-0.39, 0.29) is 5.69 Å². The number of amides is 2. The van der Waals surface area contributed by atoms with E-state index < -0.39 is 17.6 Å². The molecular formula is C13H16FN3O2. The lowest BCUT2D eigenvalue weighted by atomic mass is 10.2. The lowest BCUT2D eigenvalue weighted by Gasteiger charge is -2.26. The highest BCUT2D eigenvalue weighted by Gasteiger charge is 2.23. The summed E-state index contributed by atoms with van der Waals surface area (Å²) in [5, 5.41) is 5.40. The summed E-state index contributed by atoms with van der Waals surface area (Å²) in [6, 6.07) is 4.44. The van der Waals surface area contributed by atoms with Gasteiger partial charge in [0.05, 0.1) is 5.69 Å². The number of anilines is 1. The predicted molar refractivity (Wildman–Crippen MR) is 69.2 cm³/mol. The third-order valence-corrected chi connectivity index (χ3v) is 2.97. The summed E-state index contributed by atoms with van der Waals surface area (Å²) in [7, 11) is 0. The molecule has 0 bridgehead atoms. The SMILES string of the molecule is Cc1ccc(NC(=O)C(=O)N2CCNCC2)c(F)c1. The Bertz CT molecular complexity index is 499. The van der Waals surface area contributed by atoms with Crippen molar-refractivity contribution in [3.8, 4) is 0 Å². The molecule has 1 aromatic rings. The second kappa shape index (κ2) is 5.79. The maximum Gasteiger partial charge on any atom is 0.313 e. The smallest absolute Gasteiger partial charge is 0.313 e. The number of hydrogen-bond acceptors (Lipinski definition) is 3. The minimum Gasteiger partial charge on any atom is -0.332 e. The Hall–Kier alpha value is -1.95. The maximum absolute atomic E-state index is 13.6. The number of nitrogens with zero attached hydrogens (tertiary/aromatic N) is 1. The maximum atomic E-state index is 13.6. The molecule has 0 aromatic heterocycles. The van der Waals surface area contributed by atoms with E-state index in [4.69, 9.17) is 0 Å². The first-order valence-corrected chi connectivity index (χ1v) is 6.15. The van der Waals surface area contributed by atoms with Gasteiger partial charge in [-0.25, -0.2) is 4.39 Å². The predicted octanol–water partition coefficient (Wildman–Crippen LogP) is 0.504. The summed E-state index contributed by atoms with van der Waals surface area (Å²) in [5.41, 5.74) is 0.781. The molecule has 5 nitrogen and oxygen atoms in total. The van der Waals surface area contributed by atoms with Crippen molar-refractivity contribution in [2.45, 2.75) is 6.92 Å². The molecule has 0 radical (unpaired) electrons. The van der Waals surface area contributed by atoms with Crippen LogP contribution >= 0.6 is 0 Å². The lowest BCUT2D eigenvalue weighted by Crippen LogP contribution is -2.49. The highest BCUT2D eigenvalue weighted by Crippen LogP contribution is 2.15. The number of aryl methyl sites for hydroxylation is 1. The number of hydrogen-bond donors (Lipinski definition) is 2. The van der Waals surface area contributed by atoms with Gasteiger partial charge in [0.15, 0.2) is 0 Å². The first kappa shape index (κ1) is 13.5. The highest BCUT2D eigenvalue weighted by molar-refractivity contribution is 6.39. The fourth-order valence-electron chi connectivity index (χ4n) is 1.91. The van der Waals surface area contributed by atoms with Crippen LogP contribution in [0.2, 0.25) is 0 Å². The van der Waals surface area contributed by atoms with Gasteiger partial charge in [-0.05, 0) is 24.6 Å². The molecule has 19 heavy (non-hydrogen) atoms. The molecule has 2 N–H and O–H groups in total. The Morgan fingerprint density at radius 2 is 2.00 bits per heavy atom. The van der Waals surface area contributed by atoms with Gasteiger partial charge in [-0.2, -0.15) is 0 Å². The molecule has 1 heterocycles. The largest absolute Gasteiger partial charge is 0.332 e. The van der Waals surface area contributed by atoms with Crippen LogP contribution in [-0.2, 0) is 9.59 Å². The number of benzene rings is 1. The van der Waals surface area contributed by atoms with Crippen molar-refractivity contribution in [1.29, 1.82) is 0 Å². The average Bonchev–Trinajstić information content (AvgIpc) is 2.42. The number of carbonyl (C=O) groups excluding carboxylic acids is 2. The topological polar surface area (TPSA) is 61.4 Å². The van der Waals surface area contributed by atoms with Crippen molar-refractivity contribution in [1.82, 2.24) is 10.2 Å². The lowest BCUT2D eigenvalue weighted by molar-refractivity contribution is -0.143. The van der Waals surface area contributed by atoms with Gasteiger partial charge in [-0.3, -0.25) is 9.59 Å². The van der Waals surface area contributed by atoms with E-state index in [0.29, 0.717) is 26.2 Å². The molecule has 0 aliphatic carbocycles. The molecule has 0 atom stereocenters. The molecule has 1 aliphatic heterocycles. The van der Waals surface area contributed by atoms with Crippen LogP contribution in [-0.4, -0.2) is 42.9 Å². The van der Waals surface area contributed by atoms with E-state index in [0.717, 1.165) is 5.56 Å². The summed E-state index contributed by atoms with van der Waals surface area (Å²) in [6.07, 6.45) is 0. The average molecular weight is 265 g/mol. The summed E-state index contributed by atoms with van der Waals surface area (Å²) >= 11 is 0. The molecule has 1 fully saturated rings. The van der Waals surface area contributed by atoms with E-state index >= 15 is 0 Å². The molecule has 102 valence electrons. The van der Waals surface area contributed by atoms with Gasteiger partial charge < -0.3 is 15.5 Å². The van der Waals surface area contributed by atoms with E-state index in [2.05, 4.69) is 10.6 Å². The van der Waals surface area contributed by atoms with Gasteiger partial charge in [0.1, 0.15) is 5.82 Å². The third-order valence-electron chi connectivity index (χ3n) is 2.97. The minimum absolute atomic E-state index is 0.0269. The standard InChI is InChI=1S/C13H16FN3O2/c1-9-2-3-11(10(14)8-9)16-12(18)13(19)17-6-4-15-5-7-17/h2-3,8,15H,4-7H2,1H3,(H,16,18). The molecule has 6 heteroatoms. The first-order valence-electron chi connectivity index (χ1n) is 6.15. The van der Waals surface area contributed by atoms with Gasteiger partial charge in [-0.1, -0.05) is 6.07 Å². The van der Waals surface area contributed by atoms with Crippen molar-refractivity contribution in [3.63, 3.8) is 0 Å². The highest BCUT2D eigenvalue weighted by atomic mass is 19.1. The minimum atomic E-state index is -0.801. The van der Waals surface area contributed by atoms with Gasteiger partial charge in [0.25, 0.3) is 0 Å². The van der Waals surface area contributed by atoms with E-state index in [9.17, 15) is 14.0 Å². The molecule has 0 unspecified atom stereocenters. The number of piperazine rings is 1. The van der Waals surface area contributed by atoms with Crippen LogP contribution in [0.4, 0.5) is 10.1 Å². The van der Waals surface area contributed by atoms with Gasteiger partial charge in [-0.15, -0.1) is 0 Å². The van der Waals surface area contributed by atoms with Gasteiger partial charge in [0, 0.05) is 26.2 Å². The molecule has 1 saturated heterocycles. The van der Waals surface area contributed by atoms with E-state index in [1.165, 1.54) is 17.0 Å². The molecule has 2 rings (SSSR count). The van der Waals surface area contributed by atoms with E-state index in [1.807, 2.05) is 0 Å². The Morgan fingerprint density at radius 3 is 2.63 bits per heavy atom. The molecule has 1 aliphatic rings. The van der Waals surface area contributed by atoms with Crippen LogP contribution in [0.5, 0.6) is 0 Å². The normalized spacial score (nSPS) is 15.2. The summed E-state index contributed by atoms with van der Waals surface area (Å²) in [5.74, 6) is -1.97. The molecule has 0 saturated carbocycles. The van der Waals surface area contributed by atoms with Crippen molar-refractivity contribution < 1.29 is 14.0 Å². The second-order valence-corrected chi connectivity index (χ2v) is 4.48. The molecule has 1 aromatic carbocycles. The summed E-state index contributed by atoms with van der Waals surface area (Å²) in [6.45, 7) is 4.06.